The van der Waals surface area contributed by atoms with E-state index in [-0.39, 0.29) is 12.1 Å². The number of halogens is 3. The van der Waals surface area contributed by atoms with Crippen molar-refractivity contribution in [1.29, 1.82) is 0 Å². The molecule has 0 fully saturated rings. The predicted octanol–water partition coefficient (Wildman–Crippen LogP) is 3.97. The van der Waals surface area contributed by atoms with Gasteiger partial charge in [0.05, 0.1) is 5.69 Å². The second kappa shape index (κ2) is 7.86. The van der Waals surface area contributed by atoms with Gasteiger partial charge in [-0.15, -0.1) is 13.2 Å². The number of aromatic nitrogens is 2. The maximum Gasteiger partial charge on any atom is 0.573 e. The number of hydrogen-bond acceptors (Lipinski definition) is 4. The lowest BCUT2D eigenvalue weighted by atomic mass is 10.1. The predicted molar refractivity (Wildman–Crippen MR) is 91.8 cm³/mol. The molecule has 0 saturated carbocycles. The number of hydrogen-bond donors (Lipinski definition) is 1. The minimum atomic E-state index is -4.81. The molecule has 3 rings (SSSR count). The normalized spacial score (nSPS) is 11.1. The molecule has 0 aliphatic rings. The molecule has 1 amide bonds. The van der Waals surface area contributed by atoms with Crippen LogP contribution in [-0.2, 0) is 6.54 Å². The topological polar surface area (TPSA) is 64.1 Å². The van der Waals surface area contributed by atoms with Crippen LogP contribution in [0.25, 0.3) is 11.3 Å². The number of benzene rings is 1. The van der Waals surface area contributed by atoms with Crippen molar-refractivity contribution >= 4 is 5.91 Å². The van der Waals surface area contributed by atoms with E-state index in [1.807, 2.05) is 18.2 Å². The van der Waals surface area contributed by atoms with Crippen molar-refractivity contribution in [3.8, 4) is 17.0 Å². The van der Waals surface area contributed by atoms with Gasteiger partial charge in [-0.05, 0) is 48.0 Å². The zero-order chi connectivity index (χ0) is 19.3. The van der Waals surface area contributed by atoms with Gasteiger partial charge in [-0.25, -0.2) is 0 Å². The average Bonchev–Trinajstić information content (AvgIpc) is 2.66. The SMILES string of the molecule is O=C(NCc1ccnc(-c2ccncc2)c1)c1cccc(OC(F)(F)F)c1. The molecule has 0 bridgehead atoms. The second-order valence-electron chi connectivity index (χ2n) is 5.54. The van der Waals surface area contributed by atoms with Gasteiger partial charge in [0.1, 0.15) is 5.75 Å². The van der Waals surface area contributed by atoms with Crippen LogP contribution in [0.3, 0.4) is 0 Å². The van der Waals surface area contributed by atoms with E-state index in [1.54, 1.807) is 24.7 Å². The molecule has 1 aromatic carbocycles. The van der Waals surface area contributed by atoms with Crippen molar-refractivity contribution in [3.63, 3.8) is 0 Å². The molecule has 2 aromatic heterocycles. The van der Waals surface area contributed by atoms with Crippen LogP contribution >= 0.6 is 0 Å². The number of alkyl halides is 3. The van der Waals surface area contributed by atoms with Crippen LogP contribution in [0.15, 0.2) is 67.1 Å². The Labute approximate surface area is 152 Å². The number of amides is 1. The Hall–Kier alpha value is -3.42. The summed E-state index contributed by atoms with van der Waals surface area (Å²) in [5, 5.41) is 2.67. The van der Waals surface area contributed by atoms with E-state index >= 15 is 0 Å². The van der Waals surface area contributed by atoms with E-state index in [1.165, 1.54) is 12.1 Å². The quantitative estimate of drug-likeness (QED) is 0.735. The lowest BCUT2D eigenvalue weighted by molar-refractivity contribution is -0.274. The van der Waals surface area contributed by atoms with Gasteiger partial charge in [-0.3, -0.25) is 14.8 Å². The third kappa shape index (κ3) is 5.27. The number of ether oxygens (including phenoxy) is 1. The summed E-state index contributed by atoms with van der Waals surface area (Å²) in [5.74, 6) is -0.955. The molecule has 2 heterocycles. The van der Waals surface area contributed by atoms with Crippen molar-refractivity contribution in [2.24, 2.45) is 0 Å². The van der Waals surface area contributed by atoms with E-state index in [4.69, 9.17) is 0 Å². The zero-order valence-electron chi connectivity index (χ0n) is 13.9. The molecule has 0 unspecified atom stereocenters. The molecule has 8 heteroatoms. The van der Waals surface area contributed by atoms with Crippen LogP contribution in [0, 0.1) is 0 Å². The fourth-order valence-electron chi connectivity index (χ4n) is 2.38. The first-order chi connectivity index (χ1) is 12.9. The molecule has 5 nitrogen and oxygen atoms in total. The fraction of sp³-hybridized carbons (Fsp3) is 0.105. The molecule has 0 aliphatic heterocycles. The Morgan fingerprint density at radius 2 is 1.81 bits per heavy atom. The highest BCUT2D eigenvalue weighted by molar-refractivity contribution is 5.94. The van der Waals surface area contributed by atoms with E-state index in [0.717, 1.165) is 29.0 Å². The highest BCUT2D eigenvalue weighted by Crippen LogP contribution is 2.23. The van der Waals surface area contributed by atoms with E-state index in [9.17, 15) is 18.0 Å². The van der Waals surface area contributed by atoms with Crippen LogP contribution in [-0.4, -0.2) is 22.2 Å². The Balaban J connectivity index is 1.67. The van der Waals surface area contributed by atoms with Crippen molar-refractivity contribution in [2.45, 2.75) is 12.9 Å². The molecule has 0 spiro atoms. The molecule has 138 valence electrons. The van der Waals surface area contributed by atoms with Gasteiger partial charge in [-0.1, -0.05) is 6.07 Å². The molecule has 1 N–H and O–H groups in total. The number of pyridine rings is 2. The summed E-state index contributed by atoms with van der Waals surface area (Å²) in [6.07, 6.45) is 0.119. The molecule has 0 atom stereocenters. The van der Waals surface area contributed by atoms with Crippen molar-refractivity contribution in [1.82, 2.24) is 15.3 Å². The molecule has 0 saturated heterocycles. The molecular formula is C19H14F3N3O2. The summed E-state index contributed by atoms with van der Waals surface area (Å²) < 4.78 is 40.7. The van der Waals surface area contributed by atoms with Crippen LogP contribution in [0.4, 0.5) is 13.2 Å². The number of carbonyl (C=O) groups is 1. The lowest BCUT2D eigenvalue weighted by Crippen LogP contribution is -2.23. The molecule has 27 heavy (non-hydrogen) atoms. The van der Waals surface area contributed by atoms with Gasteiger partial charge < -0.3 is 10.1 Å². The Morgan fingerprint density at radius 1 is 1.04 bits per heavy atom. The summed E-state index contributed by atoms with van der Waals surface area (Å²) in [7, 11) is 0. The minimum absolute atomic E-state index is 0.0696. The summed E-state index contributed by atoms with van der Waals surface area (Å²) in [4.78, 5) is 20.4. The van der Waals surface area contributed by atoms with E-state index in [0.29, 0.717) is 0 Å². The third-order valence-electron chi connectivity index (χ3n) is 3.58. The van der Waals surface area contributed by atoms with Crippen LogP contribution in [0.2, 0.25) is 0 Å². The van der Waals surface area contributed by atoms with Crippen LogP contribution < -0.4 is 10.1 Å². The van der Waals surface area contributed by atoms with Gasteiger partial charge in [-0.2, -0.15) is 0 Å². The first kappa shape index (κ1) is 18.4. The molecule has 3 aromatic rings. The highest BCUT2D eigenvalue weighted by atomic mass is 19.4. The van der Waals surface area contributed by atoms with Gasteiger partial charge >= 0.3 is 6.36 Å². The van der Waals surface area contributed by atoms with Crippen molar-refractivity contribution < 1.29 is 22.7 Å². The molecule has 0 radical (unpaired) electrons. The first-order valence-corrected chi connectivity index (χ1v) is 7.90. The smallest absolute Gasteiger partial charge is 0.406 e. The monoisotopic (exact) mass is 373 g/mol. The number of nitrogens with one attached hydrogen (secondary N) is 1. The number of nitrogens with zero attached hydrogens (tertiary/aromatic N) is 2. The lowest BCUT2D eigenvalue weighted by Gasteiger charge is -2.10. The highest BCUT2D eigenvalue weighted by Gasteiger charge is 2.31. The first-order valence-electron chi connectivity index (χ1n) is 7.90. The maximum absolute atomic E-state index is 12.3. The molecular weight excluding hydrogens is 359 g/mol. The van der Waals surface area contributed by atoms with E-state index < -0.39 is 18.0 Å². The Bertz CT molecular complexity index is 931. The van der Waals surface area contributed by atoms with Gasteiger partial charge in [0.15, 0.2) is 0 Å². The van der Waals surface area contributed by atoms with Crippen molar-refractivity contribution in [3.05, 3.63) is 78.2 Å². The largest absolute Gasteiger partial charge is 0.573 e. The number of carbonyl (C=O) groups excluding carboxylic acids is 1. The molecule has 0 aliphatic carbocycles. The Morgan fingerprint density at radius 3 is 2.56 bits per heavy atom. The average molecular weight is 373 g/mol. The van der Waals surface area contributed by atoms with E-state index in [2.05, 4.69) is 20.0 Å². The van der Waals surface area contributed by atoms with Gasteiger partial charge in [0, 0.05) is 36.3 Å². The summed E-state index contributed by atoms with van der Waals surface area (Å²) in [6.45, 7) is 0.198. The minimum Gasteiger partial charge on any atom is -0.406 e. The van der Waals surface area contributed by atoms with Gasteiger partial charge in [0.2, 0.25) is 0 Å². The summed E-state index contributed by atoms with van der Waals surface area (Å²) in [5.41, 5.74) is 2.48. The number of rotatable bonds is 5. The Kier molecular flexibility index (Phi) is 5.35. The van der Waals surface area contributed by atoms with Crippen LogP contribution in [0.1, 0.15) is 15.9 Å². The van der Waals surface area contributed by atoms with Gasteiger partial charge in [0.25, 0.3) is 5.91 Å². The third-order valence-corrected chi connectivity index (χ3v) is 3.58. The fourth-order valence-corrected chi connectivity index (χ4v) is 2.38. The summed E-state index contributed by atoms with van der Waals surface area (Å²) >= 11 is 0. The van der Waals surface area contributed by atoms with Crippen molar-refractivity contribution in [2.75, 3.05) is 0 Å². The van der Waals surface area contributed by atoms with Crippen LogP contribution in [0.5, 0.6) is 5.75 Å². The zero-order valence-corrected chi connectivity index (χ0v) is 13.9. The standard InChI is InChI=1S/C19H14F3N3O2/c20-19(21,22)27-16-3-1-2-15(11-16)18(26)25-12-13-4-9-24-17(10-13)14-5-7-23-8-6-14/h1-11H,12H2,(H,25,26). The second-order valence-corrected chi connectivity index (χ2v) is 5.54. The maximum atomic E-state index is 12.3. The summed E-state index contributed by atoms with van der Waals surface area (Å²) in [6, 6.07) is 12.1.